The fourth-order valence-corrected chi connectivity index (χ4v) is 3.16. The van der Waals surface area contributed by atoms with Crippen LogP contribution in [0.3, 0.4) is 0 Å². The number of hydrogen-bond acceptors (Lipinski definition) is 3. The molecule has 0 saturated carbocycles. The molecule has 16 heavy (non-hydrogen) atoms. The van der Waals surface area contributed by atoms with Crippen LogP contribution >= 0.6 is 0 Å². The molecule has 2 aliphatic rings. The third-order valence-corrected chi connectivity index (χ3v) is 4.62. The quantitative estimate of drug-likeness (QED) is 0.757. The molecule has 2 aliphatic heterocycles. The molecule has 2 heterocycles. The average Bonchev–Trinajstić information content (AvgIpc) is 2.61. The first kappa shape index (κ1) is 12.3. The van der Waals surface area contributed by atoms with Crippen LogP contribution in [-0.4, -0.2) is 61.2 Å². The Bertz CT molecular complexity index is 219. The molecule has 4 atom stereocenters. The van der Waals surface area contributed by atoms with E-state index in [9.17, 15) is 0 Å². The van der Waals surface area contributed by atoms with E-state index in [0.717, 1.165) is 5.92 Å². The van der Waals surface area contributed by atoms with Gasteiger partial charge in [0.15, 0.2) is 0 Å². The summed E-state index contributed by atoms with van der Waals surface area (Å²) < 4.78 is 0. The van der Waals surface area contributed by atoms with Gasteiger partial charge >= 0.3 is 0 Å². The molecule has 0 bridgehead atoms. The summed E-state index contributed by atoms with van der Waals surface area (Å²) in [5.41, 5.74) is 0. The van der Waals surface area contributed by atoms with Gasteiger partial charge in [0, 0.05) is 37.8 Å². The van der Waals surface area contributed by atoms with E-state index in [1.165, 1.54) is 32.6 Å². The van der Waals surface area contributed by atoms with Crippen LogP contribution in [0.25, 0.3) is 0 Å². The lowest BCUT2D eigenvalue weighted by molar-refractivity contribution is 0.0499. The zero-order valence-electron chi connectivity index (χ0n) is 11.2. The number of hydrogen-bond donors (Lipinski definition) is 1. The summed E-state index contributed by atoms with van der Waals surface area (Å²) >= 11 is 0. The maximum Gasteiger partial charge on any atom is 0.0195 e. The van der Waals surface area contributed by atoms with Crippen molar-refractivity contribution in [1.29, 1.82) is 0 Å². The van der Waals surface area contributed by atoms with Gasteiger partial charge in [-0.3, -0.25) is 9.80 Å². The molecule has 4 unspecified atom stereocenters. The molecule has 1 N–H and O–H groups in total. The molecule has 0 amide bonds. The van der Waals surface area contributed by atoms with Crippen molar-refractivity contribution in [2.24, 2.45) is 5.92 Å². The van der Waals surface area contributed by atoms with Crippen molar-refractivity contribution < 1.29 is 0 Å². The van der Waals surface area contributed by atoms with E-state index in [0.29, 0.717) is 18.1 Å². The van der Waals surface area contributed by atoms with Crippen LogP contribution in [0.5, 0.6) is 0 Å². The SMILES string of the molecule is CC1NCCC1CN1CC(C)N(C)C(C)C1. The third-order valence-electron chi connectivity index (χ3n) is 4.62. The fourth-order valence-electron chi connectivity index (χ4n) is 3.16. The minimum atomic E-state index is 0.702. The Balaban J connectivity index is 1.86. The number of nitrogens with one attached hydrogen (secondary N) is 1. The predicted octanol–water partition coefficient (Wildman–Crippen LogP) is 1.01. The van der Waals surface area contributed by atoms with E-state index < -0.39 is 0 Å². The molecular weight excluding hydrogens is 198 g/mol. The Morgan fingerprint density at radius 3 is 2.25 bits per heavy atom. The van der Waals surface area contributed by atoms with E-state index in [1.807, 2.05) is 0 Å². The van der Waals surface area contributed by atoms with Gasteiger partial charge in [-0.15, -0.1) is 0 Å². The van der Waals surface area contributed by atoms with E-state index in [4.69, 9.17) is 0 Å². The fraction of sp³-hybridized carbons (Fsp3) is 1.00. The van der Waals surface area contributed by atoms with Gasteiger partial charge < -0.3 is 5.32 Å². The van der Waals surface area contributed by atoms with Crippen molar-refractivity contribution in [3.8, 4) is 0 Å². The van der Waals surface area contributed by atoms with E-state index >= 15 is 0 Å². The van der Waals surface area contributed by atoms with Gasteiger partial charge in [-0.2, -0.15) is 0 Å². The molecule has 0 aliphatic carbocycles. The summed E-state index contributed by atoms with van der Waals surface area (Å²) in [4.78, 5) is 5.18. The molecular formula is C13H27N3. The normalized spacial score (nSPS) is 42.8. The standard InChI is InChI=1S/C13H27N3/c1-10-7-16(8-11(2)15(10)4)9-13-5-6-14-12(13)3/h10-14H,5-9H2,1-4H3. The second-order valence-corrected chi connectivity index (χ2v) is 5.87. The van der Waals surface area contributed by atoms with Gasteiger partial charge in [-0.25, -0.2) is 0 Å². The smallest absolute Gasteiger partial charge is 0.0195 e. The summed E-state index contributed by atoms with van der Waals surface area (Å²) in [7, 11) is 2.26. The minimum absolute atomic E-state index is 0.702. The zero-order chi connectivity index (χ0) is 11.7. The maximum atomic E-state index is 3.55. The molecule has 2 saturated heterocycles. The number of nitrogens with zero attached hydrogens (tertiary/aromatic N) is 2. The molecule has 0 aromatic rings. The Morgan fingerprint density at radius 1 is 1.12 bits per heavy atom. The topological polar surface area (TPSA) is 18.5 Å². The van der Waals surface area contributed by atoms with Crippen LogP contribution in [0.15, 0.2) is 0 Å². The van der Waals surface area contributed by atoms with Crippen LogP contribution in [0.4, 0.5) is 0 Å². The number of rotatable bonds is 2. The van der Waals surface area contributed by atoms with Crippen LogP contribution < -0.4 is 5.32 Å². The Kier molecular flexibility index (Phi) is 3.88. The lowest BCUT2D eigenvalue weighted by atomic mass is 9.99. The van der Waals surface area contributed by atoms with Gasteiger partial charge in [0.2, 0.25) is 0 Å². The van der Waals surface area contributed by atoms with E-state index in [1.54, 1.807) is 0 Å². The second kappa shape index (κ2) is 5.03. The molecule has 2 rings (SSSR count). The van der Waals surface area contributed by atoms with E-state index in [2.05, 4.69) is 42.9 Å². The Labute approximate surface area is 100 Å². The van der Waals surface area contributed by atoms with Crippen molar-refractivity contribution in [2.75, 3.05) is 33.2 Å². The zero-order valence-corrected chi connectivity index (χ0v) is 11.2. The number of likely N-dealkylation sites (N-methyl/N-ethyl adjacent to an activating group) is 1. The summed E-state index contributed by atoms with van der Waals surface area (Å²) in [6.45, 7) is 12.0. The molecule has 3 heteroatoms. The molecule has 0 aromatic carbocycles. The summed E-state index contributed by atoms with van der Waals surface area (Å²) in [5, 5.41) is 3.55. The lowest BCUT2D eigenvalue weighted by Gasteiger charge is -2.43. The highest BCUT2D eigenvalue weighted by Gasteiger charge is 2.30. The molecule has 0 aromatic heterocycles. The van der Waals surface area contributed by atoms with E-state index in [-0.39, 0.29) is 0 Å². The molecule has 3 nitrogen and oxygen atoms in total. The molecule has 0 radical (unpaired) electrons. The lowest BCUT2D eigenvalue weighted by Crippen LogP contribution is -2.56. The highest BCUT2D eigenvalue weighted by Crippen LogP contribution is 2.20. The Hall–Kier alpha value is -0.120. The van der Waals surface area contributed by atoms with Crippen molar-refractivity contribution in [1.82, 2.24) is 15.1 Å². The monoisotopic (exact) mass is 225 g/mol. The van der Waals surface area contributed by atoms with Crippen molar-refractivity contribution in [3.05, 3.63) is 0 Å². The van der Waals surface area contributed by atoms with Gasteiger partial charge in [0.25, 0.3) is 0 Å². The third kappa shape index (κ3) is 2.58. The summed E-state index contributed by atoms with van der Waals surface area (Å²) in [6, 6.07) is 2.12. The molecule has 94 valence electrons. The van der Waals surface area contributed by atoms with Gasteiger partial charge in [0.1, 0.15) is 0 Å². The minimum Gasteiger partial charge on any atom is -0.314 e. The number of piperazine rings is 1. The predicted molar refractivity (Wildman–Crippen MR) is 68.7 cm³/mol. The first-order valence-corrected chi connectivity index (χ1v) is 6.75. The largest absolute Gasteiger partial charge is 0.314 e. The molecule has 2 fully saturated rings. The average molecular weight is 225 g/mol. The van der Waals surface area contributed by atoms with Crippen molar-refractivity contribution >= 4 is 0 Å². The van der Waals surface area contributed by atoms with Gasteiger partial charge in [0.05, 0.1) is 0 Å². The van der Waals surface area contributed by atoms with Crippen molar-refractivity contribution in [2.45, 2.75) is 45.3 Å². The maximum absolute atomic E-state index is 3.55. The summed E-state index contributed by atoms with van der Waals surface area (Å²) in [5.74, 6) is 0.864. The van der Waals surface area contributed by atoms with Gasteiger partial charge in [-0.05, 0) is 46.7 Å². The highest BCUT2D eigenvalue weighted by molar-refractivity contribution is 4.87. The van der Waals surface area contributed by atoms with Gasteiger partial charge in [-0.1, -0.05) is 0 Å². The first-order chi connectivity index (χ1) is 7.58. The highest BCUT2D eigenvalue weighted by atomic mass is 15.3. The van der Waals surface area contributed by atoms with Crippen LogP contribution in [0.1, 0.15) is 27.2 Å². The van der Waals surface area contributed by atoms with Crippen LogP contribution in [-0.2, 0) is 0 Å². The Morgan fingerprint density at radius 2 is 1.75 bits per heavy atom. The van der Waals surface area contributed by atoms with Crippen LogP contribution in [0.2, 0.25) is 0 Å². The summed E-state index contributed by atoms with van der Waals surface area (Å²) in [6.07, 6.45) is 1.36. The molecule has 0 spiro atoms. The second-order valence-electron chi connectivity index (χ2n) is 5.87. The van der Waals surface area contributed by atoms with Crippen LogP contribution in [0, 0.1) is 5.92 Å². The first-order valence-electron chi connectivity index (χ1n) is 6.75. The van der Waals surface area contributed by atoms with Crippen molar-refractivity contribution in [3.63, 3.8) is 0 Å².